The lowest BCUT2D eigenvalue weighted by molar-refractivity contribution is 1.28. The first-order chi connectivity index (χ1) is 17.9. The Morgan fingerprint density at radius 3 is 0.722 bits per heavy atom. The Kier molecular flexibility index (Phi) is 6.73. The number of hydrogen-bond donors (Lipinski definition) is 0. The van der Waals surface area contributed by atoms with E-state index < -0.39 is 15.1 Å². The molecular weight excluding hydrogens is 470 g/mol. The average molecular weight is 499 g/mol. The summed E-state index contributed by atoms with van der Waals surface area (Å²) in [7, 11) is -0.865. The maximum absolute atomic E-state index is 2.38. The van der Waals surface area contributed by atoms with Gasteiger partial charge in [0.05, 0.1) is 0 Å². The molecule has 174 valence electrons. The van der Waals surface area contributed by atoms with Crippen molar-refractivity contribution in [1.82, 2.24) is 0 Å². The van der Waals surface area contributed by atoms with Crippen molar-refractivity contribution >= 4 is 15.1 Å². The summed E-state index contributed by atoms with van der Waals surface area (Å²) in [5.41, 5.74) is 5.45. The fourth-order valence-electron chi connectivity index (χ4n) is 5.06. The highest BCUT2D eigenvalue weighted by atomic mass is 31.1. The van der Waals surface area contributed by atoms with Gasteiger partial charge in [0.15, 0.2) is 0 Å². The van der Waals surface area contributed by atoms with Crippen LogP contribution in [0.4, 0.5) is 0 Å². The van der Waals surface area contributed by atoms with Crippen LogP contribution in [0.3, 0.4) is 0 Å². The van der Waals surface area contributed by atoms with Crippen LogP contribution in [0.5, 0.6) is 0 Å². The van der Waals surface area contributed by atoms with E-state index in [1.807, 2.05) is 0 Å². The highest BCUT2D eigenvalue weighted by molar-refractivity contribution is 7.59. The molecule has 0 N–H and O–H groups in total. The van der Waals surface area contributed by atoms with Crippen LogP contribution < -0.4 is 0 Å². The zero-order valence-electron chi connectivity index (χ0n) is 20.2. The molecule has 0 atom stereocenters. The first-order valence-corrected chi connectivity index (χ1v) is 15.5. The van der Waals surface area contributed by atoms with Crippen molar-refractivity contribution in [1.29, 1.82) is 0 Å². The van der Waals surface area contributed by atoms with Gasteiger partial charge in [0.2, 0.25) is 0 Å². The molecule has 6 aromatic rings. The van der Waals surface area contributed by atoms with E-state index in [0.717, 1.165) is 0 Å². The van der Waals surface area contributed by atoms with E-state index in [-0.39, 0.29) is 0 Å². The minimum Gasteiger partial charge on any atom is -0.108 e. The fraction of sp³-hybridized carbons (Fsp3) is 0.0588. The van der Waals surface area contributed by atoms with E-state index in [9.17, 15) is 0 Å². The lowest BCUT2D eigenvalue weighted by atomic mass is 10.2. The molecule has 6 rings (SSSR count). The van der Waals surface area contributed by atoms with Crippen molar-refractivity contribution < 1.29 is 0 Å². The Bertz CT molecular complexity index is 1310. The molecule has 0 aliphatic heterocycles. The number of benzene rings is 4. The Morgan fingerprint density at radius 2 is 0.500 bits per heavy atom. The molecule has 2 heterocycles. The van der Waals surface area contributed by atoms with Crippen LogP contribution in [-0.4, -0.2) is 0 Å². The summed E-state index contributed by atoms with van der Waals surface area (Å²) in [6, 6.07) is 53.5. The van der Waals surface area contributed by atoms with Crippen LogP contribution in [-0.2, 0) is 12.3 Å². The minimum atomic E-state index is -0.433. The standard InChI is InChI=1S/C34H28P2/c1-5-13-27(14-6-1)31-21-22-32(28-15-7-2-8-16-28)35(31)25-26-36-33(29-17-9-3-10-18-29)23-24-34(36)30-19-11-4-12-20-30/h1-24H,25-26H2. The van der Waals surface area contributed by atoms with Crippen molar-refractivity contribution in [2.45, 2.75) is 12.3 Å². The number of hydrogen-bond acceptors (Lipinski definition) is 0. The topological polar surface area (TPSA) is 0 Å². The van der Waals surface area contributed by atoms with Crippen molar-refractivity contribution in [3.63, 3.8) is 0 Å². The molecule has 4 aromatic carbocycles. The quantitative estimate of drug-likeness (QED) is 0.205. The number of rotatable bonds is 7. The van der Waals surface area contributed by atoms with Crippen molar-refractivity contribution in [3.05, 3.63) is 146 Å². The third-order valence-electron chi connectivity index (χ3n) is 6.79. The van der Waals surface area contributed by atoms with Crippen LogP contribution in [0.2, 0.25) is 0 Å². The van der Waals surface area contributed by atoms with Gasteiger partial charge in [0, 0.05) is 21.2 Å². The van der Waals surface area contributed by atoms with Gasteiger partial charge in [-0.25, -0.2) is 0 Å². The Labute approximate surface area is 216 Å². The third kappa shape index (κ3) is 4.64. The van der Waals surface area contributed by atoms with Gasteiger partial charge >= 0.3 is 0 Å². The summed E-state index contributed by atoms with van der Waals surface area (Å²) >= 11 is 0. The normalized spacial score (nSPS) is 11.0. The van der Waals surface area contributed by atoms with E-state index in [4.69, 9.17) is 0 Å². The molecule has 0 fully saturated rings. The second kappa shape index (κ2) is 10.6. The van der Waals surface area contributed by atoms with Gasteiger partial charge in [-0.2, -0.15) is 0 Å². The largest absolute Gasteiger partial charge is 0.108 e. The van der Waals surface area contributed by atoms with E-state index in [1.54, 1.807) is 0 Å². The average Bonchev–Trinajstić information content (AvgIpc) is 3.58. The first-order valence-electron chi connectivity index (χ1n) is 12.5. The van der Waals surface area contributed by atoms with Crippen LogP contribution in [0, 0.1) is 0 Å². The highest BCUT2D eigenvalue weighted by Gasteiger charge is 2.17. The van der Waals surface area contributed by atoms with Crippen molar-refractivity contribution in [2.75, 3.05) is 0 Å². The first kappa shape index (κ1) is 22.9. The smallest absolute Gasteiger partial charge is 0.00180 e. The molecule has 0 unspecified atom stereocenters. The van der Waals surface area contributed by atoms with E-state index >= 15 is 0 Å². The summed E-state index contributed by atoms with van der Waals surface area (Å²) in [6.07, 6.45) is 2.38. The maximum Gasteiger partial charge on any atom is 0.00180 e. The lowest BCUT2D eigenvalue weighted by Gasteiger charge is -2.14. The maximum atomic E-state index is 2.38. The molecule has 0 aliphatic rings. The zero-order chi connectivity index (χ0) is 24.2. The second-order valence-corrected chi connectivity index (χ2v) is 13.5. The molecule has 0 saturated carbocycles. The van der Waals surface area contributed by atoms with Gasteiger partial charge in [-0.05, 0) is 58.8 Å². The zero-order valence-corrected chi connectivity index (χ0v) is 22.0. The van der Waals surface area contributed by atoms with Gasteiger partial charge < -0.3 is 0 Å². The summed E-state index contributed by atoms with van der Waals surface area (Å²) in [5.74, 6) is 0. The van der Waals surface area contributed by atoms with Gasteiger partial charge in [-0.15, -0.1) is 15.1 Å². The molecule has 0 saturated heterocycles. The summed E-state index contributed by atoms with van der Waals surface area (Å²) in [6.45, 7) is 0. The Balaban J connectivity index is 1.45. The summed E-state index contributed by atoms with van der Waals surface area (Å²) < 4.78 is 0. The molecule has 36 heavy (non-hydrogen) atoms. The molecule has 0 spiro atoms. The Hall–Kier alpha value is -3.56. The molecule has 0 nitrogen and oxygen atoms in total. The SMILES string of the molecule is c1ccc(-c2ccc(-c3ccccc3)p2CCp2c(-c3ccccc3)ccc2-c2ccccc2)cc1. The molecule has 2 heteroatoms. The van der Waals surface area contributed by atoms with Gasteiger partial charge in [0.1, 0.15) is 0 Å². The minimum absolute atomic E-state index is 0.433. The van der Waals surface area contributed by atoms with Crippen LogP contribution in [0.25, 0.3) is 43.4 Å². The predicted molar refractivity (Wildman–Crippen MR) is 160 cm³/mol. The molecule has 0 radical (unpaired) electrons. The van der Waals surface area contributed by atoms with E-state index in [2.05, 4.69) is 146 Å². The van der Waals surface area contributed by atoms with Gasteiger partial charge in [-0.1, -0.05) is 121 Å². The van der Waals surface area contributed by atoms with Crippen LogP contribution in [0.1, 0.15) is 0 Å². The van der Waals surface area contributed by atoms with Gasteiger partial charge in [0.25, 0.3) is 0 Å². The van der Waals surface area contributed by atoms with Crippen molar-refractivity contribution in [2.24, 2.45) is 0 Å². The van der Waals surface area contributed by atoms with E-state index in [1.165, 1.54) is 55.8 Å². The molecule has 0 aliphatic carbocycles. The molecule has 0 amide bonds. The second-order valence-electron chi connectivity index (χ2n) is 8.98. The Morgan fingerprint density at radius 1 is 0.278 bits per heavy atom. The predicted octanol–water partition coefficient (Wildman–Crippen LogP) is 11.0. The van der Waals surface area contributed by atoms with Crippen LogP contribution in [0.15, 0.2) is 146 Å². The molecule has 0 bridgehead atoms. The van der Waals surface area contributed by atoms with E-state index in [0.29, 0.717) is 0 Å². The summed E-state index contributed by atoms with van der Waals surface area (Å²) in [4.78, 5) is 0. The fourth-order valence-corrected chi connectivity index (χ4v) is 11.0. The molecule has 2 aromatic heterocycles. The lowest BCUT2D eigenvalue weighted by Crippen LogP contribution is -1.81. The highest BCUT2D eigenvalue weighted by Crippen LogP contribution is 2.57. The monoisotopic (exact) mass is 498 g/mol. The van der Waals surface area contributed by atoms with Crippen LogP contribution >= 0.6 is 15.1 Å². The third-order valence-corrected chi connectivity index (χ3v) is 12.4. The molecular formula is C34H28P2. The van der Waals surface area contributed by atoms with Crippen molar-refractivity contribution in [3.8, 4) is 43.4 Å². The summed E-state index contributed by atoms with van der Waals surface area (Å²) in [5, 5.41) is 6.03. The van der Waals surface area contributed by atoms with Gasteiger partial charge in [-0.3, -0.25) is 0 Å².